The van der Waals surface area contributed by atoms with Crippen LogP contribution in [0.25, 0.3) is 0 Å². The van der Waals surface area contributed by atoms with E-state index in [-0.39, 0.29) is 12.2 Å². The standard InChI is InChI=1S/C17H26N2OS/c1-2-6-14-17(20)19(11-10-13-7-3-4-8-13)16(18-14)15-9-5-12-21-15/h5,9,12-14,16,18H,2-4,6-8,10-11H2,1H3. The monoisotopic (exact) mass is 306 g/mol. The first-order valence-electron chi connectivity index (χ1n) is 8.39. The molecule has 0 radical (unpaired) electrons. The number of amides is 1. The highest BCUT2D eigenvalue weighted by Crippen LogP contribution is 2.33. The number of hydrogen-bond acceptors (Lipinski definition) is 3. The topological polar surface area (TPSA) is 32.3 Å². The summed E-state index contributed by atoms with van der Waals surface area (Å²) in [6.07, 6.45) is 8.75. The van der Waals surface area contributed by atoms with Crippen LogP contribution in [0.2, 0.25) is 0 Å². The molecular formula is C17H26N2OS. The Bertz CT molecular complexity index is 453. The number of carbonyl (C=O) groups is 1. The third kappa shape index (κ3) is 3.32. The molecule has 2 heterocycles. The Morgan fingerprint density at radius 3 is 2.81 bits per heavy atom. The lowest BCUT2D eigenvalue weighted by molar-refractivity contribution is -0.130. The molecule has 1 saturated heterocycles. The lowest BCUT2D eigenvalue weighted by Crippen LogP contribution is -2.32. The molecule has 0 spiro atoms. The highest BCUT2D eigenvalue weighted by Gasteiger charge is 2.39. The number of thiophene rings is 1. The van der Waals surface area contributed by atoms with E-state index in [2.05, 4.69) is 34.7 Å². The second kappa shape index (κ2) is 6.93. The predicted octanol–water partition coefficient (Wildman–Crippen LogP) is 3.93. The van der Waals surface area contributed by atoms with E-state index in [9.17, 15) is 4.79 Å². The van der Waals surface area contributed by atoms with Crippen LogP contribution in [-0.4, -0.2) is 23.4 Å². The van der Waals surface area contributed by atoms with Crippen molar-refractivity contribution in [3.63, 3.8) is 0 Å². The lowest BCUT2D eigenvalue weighted by Gasteiger charge is -2.24. The number of nitrogens with one attached hydrogen (secondary N) is 1. The molecule has 1 aromatic heterocycles. The van der Waals surface area contributed by atoms with Crippen LogP contribution in [0.3, 0.4) is 0 Å². The molecule has 2 atom stereocenters. The lowest BCUT2D eigenvalue weighted by atomic mass is 10.0. The third-order valence-electron chi connectivity index (χ3n) is 4.89. The Labute approximate surface area is 131 Å². The maximum absolute atomic E-state index is 12.7. The average molecular weight is 306 g/mol. The van der Waals surface area contributed by atoms with Crippen molar-refractivity contribution in [2.24, 2.45) is 5.92 Å². The summed E-state index contributed by atoms with van der Waals surface area (Å²) in [6.45, 7) is 3.07. The van der Waals surface area contributed by atoms with Gasteiger partial charge in [-0.2, -0.15) is 0 Å². The van der Waals surface area contributed by atoms with Gasteiger partial charge in [-0.15, -0.1) is 11.3 Å². The summed E-state index contributed by atoms with van der Waals surface area (Å²) in [5, 5.41) is 5.66. The molecule has 1 aliphatic carbocycles. The minimum absolute atomic E-state index is 0.0191. The first kappa shape index (κ1) is 15.0. The summed E-state index contributed by atoms with van der Waals surface area (Å²) in [5.41, 5.74) is 0. The smallest absolute Gasteiger partial charge is 0.241 e. The van der Waals surface area contributed by atoms with Gasteiger partial charge in [0, 0.05) is 11.4 Å². The molecule has 2 aliphatic rings. The summed E-state index contributed by atoms with van der Waals surface area (Å²) in [5.74, 6) is 1.15. The zero-order valence-electron chi connectivity index (χ0n) is 12.9. The quantitative estimate of drug-likeness (QED) is 0.863. The van der Waals surface area contributed by atoms with Crippen molar-refractivity contribution >= 4 is 17.2 Å². The molecule has 1 aromatic rings. The van der Waals surface area contributed by atoms with Gasteiger partial charge < -0.3 is 4.90 Å². The molecule has 1 N–H and O–H groups in total. The number of rotatable bonds is 6. The van der Waals surface area contributed by atoms with E-state index in [0.29, 0.717) is 5.91 Å². The zero-order chi connectivity index (χ0) is 14.7. The van der Waals surface area contributed by atoms with Crippen LogP contribution in [0.15, 0.2) is 17.5 Å². The van der Waals surface area contributed by atoms with Gasteiger partial charge in [0.05, 0.1) is 6.04 Å². The summed E-state index contributed by atoms with van der Waals surface area (Å²) in [7, 11) is 0. The molecule has 2 fully saturated rings. The fraction of sp³-hybridized carbons (Fsp3) is 0.706. The van der Waals surface area contributed by atoms with Crippen LogP contribution in [0.4, 0.5) is 0 Å². The van der Waals surface area contributed by atoms with Crippen LogP contribution in [-0.2, 0) is 4.79 Å². The van der Waals surface area contributed by atoms with Crippen LogP contribution < -0.4 is 5.32 Å². The molecule has 3 rings (SSSR count). The largest absolute Gasteiger partial charge is 0.321 e. The molecule has 2 unspecified atom stereocenters. The molecule has 3 nitrogen and oxygen atoms in total. The maximum atomic E-state index is 12.7. The van der Waals surface area contributed by atoms with Crippen molar-refractivity contribution in [1.82, 2.24) is 10.2 Å². The van der Waals surface area contributed by atoms with Gasteiger partial charge >= 0.3 is 0 Å². The minimum atomic E-state index is 0.0191. The number of hydrogen-bond donors (Lipinski definition) is 1. The molecule has 0 aromatic carbocycles. The molecule has 1 saturated carbocycles. The van der Waals surface area contributed by atoms with Gasteiger partial charge in [-0.3, -0.25) is 10.1 Å². The Morgan fingerprint density at radius 2 is 2.14 bits per heavy atom. The Hall–Kier alpha value is -0.870. The van der Waals surface area contributed by atoms with Crippen molar-refractivity contribution in [2.75, 3.05) is 6.54 Å². The van der Waals surface area contributed by atoms with E-state index in [0.717, 1.165) is 25.3 Å². The van der Waals surface area contributed by atoms with Crippen LogP contribution in [0.5, 0.6) is 0 Å². The molecule has 4 heteroatoms. The zero-order valence-corrected chi connectivity index (χ0v) is 13.7. The van der Waals surface area contributed by atoms with Crippen molar-refractivity contribution in [2.45, 2.75) is 64.1 Å². The second-order valence-electron chi connectivity index (χ2n) is 6.40. The number of nitrogens with zero attached hydrogens (tertiary/aromatic N) is 1. The van der Waals surface area contributed by atoms with Gasteiger partial charge in [0.1, 0.15) is 6.17 Å². The van der Waals surface area contributed by atoms with Gasteiger partial charge in [-0.05, 0) is 30.2 Å². The van der Waals surface area contributed by atoms with E-state index < -0.39 is 0 Å². The first-order chi connectivity index (χ1) is 10.3. The molecular weight excluding hydrogens is 280 g/mol. The summed E-state index contributed by atoms with van der Waals surface area (Å²) in [4.78, 5) is 16.0. The van der Waals surface area contributed by atoms with Crippen LogP contribution in [0, 0.1) is 5.92 Å². The summed E-state index contributed by atoms with van der Waals surface area (Å²) < 4.78 is 0. The number of carbonyl (C=O) groups excluding carboxylic acids is 1. The SMILES string of the molecule is CCCC1NC(c2cccs2)N(CCC2CCCC2)C1=O. The molecule has 1 aliphatic heterocycles. The van der Waals surface area contributed by atoms with E-state index >= 15 is 0 Å². The van der Waals surface area contributed by atoms with Gasteiger partial charge in [0.2, 0.25) is 5.91 Å². The Kier molecular flexibility index (Phi) is 4.96. The molecule has 0 bridgehead atoms. The first-order valence-corrected chi connectivity index (χ1v) is 9.27. The van der Waals surface area contributed by atoms with E-state index in [1.54, 1.807) is 11.3 Å². The van der Waals surface area contributed by atoms with E-state index in [1.807, 2.05) is 0 Å². The van der Waals surface area contributed by atoms with Crippen molar-refractivity contribution in [3.05, 3.63) is 22.4 Å². The normalized spacial score (nSPS) is 26.9. The van der Waals surface area contributed by atoms with Gasteiger partial charge in [0.25, 0.3) is 0 Å². The van der Waals surface area contributed by atoms with Gasteiger partial charge in [-0.1, -0.05) is 45.1 Å². The Morgan fingerprint density at radius 1 is 1.33 bits per heavy atom. The van der Waals surface area contributed by atoms with Crippen molar-refractivity contribution in [1.29, 1.82) is 0 Å². The highest BCUT2D eigenvalue weighted by molar-refractivity contribution is 7.10. The maximum Gasteiger partial charge on any atom is 0.241 e. The van der Waals surface area contributed by atoms with Crippen molar-refractivity contribution < 1.29 is 4.79 Å². The molecule has 116 valence electrons. The van der Waals surface area contributed by atoms with Crippen molar-refractivity contribution in [3.8, 4) is 0 Å². The van der Waals surface area contributed by atoms with E-state index in [4.69, 9.17) is 0 Å². The Balaban J connectivity index is 1.68. The molecule has 21 heavy (non-hydrogen) atoms. The van der Waals surface area contributed by atoms with Crippen LogP contribution in [0.1, 0.15) is 62.9 Å². The van der Waals surface area contributed by atoms with Crippen LogP contribution >= 0.6 is 11.3 Å². The minimum Gasteiger partial charge on any atom is -0.321 e. The fourth-order valence-corrected chi connectivity index (χ4v) is 4.51. The van der Waals surface area contributed by atoms with Gasteiger partial charge in [-0.25, -0.2) is 0 Å². The van der Waals surface area contributed by atoms with Gasteiger partial charge in [0.15, 0.2) is 0 Å². The summed E-state index contributed by atoms with van der Waals surface area (Å²) >= 11 is 1.75. The van der Waals surface area contributed by atoms with E-state index in [1.165, 1.54) is 37.0 Å². The average Bonchev–Trinajstić information content (AvgIpc) is 3.20. The predicted molar refractivity (Wildman–Crippen MR) is 87.2 cm³/mol. The molecule has 1 amide bonds. The highest BCUT2D eigenvalue weighted by atomic mass is 32.1. The summed E-state index contributed by atoms with van der Waals surface area (Å²) in [6, 6.07) is 4.24. The third-order valence-corrected chi connectivity index (χ3v) is 5.82. The fourth-order valence-electron chi connectivity index (χ4n) is 3.72. The second-order valence-corrected chi connectivity index (χ2v) is 7.38.